The average Bonchev–Trinajstić information content (AvgIpc) is 3.18. The van der Waals surface area contributed by atoms with E-state index < -0.39 is 0 Å². The third-order valence-electron chi connectivity index (χ3n) is 4.37. The van der Waals surface area contributed by atoms with Crippen LogP contribution >= 0.6 is 0 Å². The number of piperidine rings is 1. The second-order valence-corrected chi connectivity index (χ2v) is 6.22. The predicted molar refractivity (Wildman–Crippen MR) is 78.4 cm³/mol. The number of hydrogen-bond donors (Lipinski definition) is 1. The Labute approximate surface area is 121 Å². The minimum atomic E-state index is 0.678. The van der Waals surface area contributed by atoms with Gasteiger partial charge in [-0.25, -0.2) is 0 Å². The highest BCUT2D eigenvalue weighted by atomic mass is 16.5. The summed E-state index contributed by atoms with van der Waals surface area (Å²) in [6, 6.07) is 2.86. The Bertz CT molecular complexity index is 412. The molecule has 0 aromatic carbocycles. The van der Waals surface area contributed by atoms with Gasteiger partial charge in [0.1, 0.15) is 5.76 Å². The molecule has 1 saturated carbocycles. The Kier molecular flexibility index (Phi) is 4.76. The standard InChI is InChI=1S/C16H26N2O2/c1-19-12-13-3-2-7-18(10-13)11-16-14(6-8-20-16)9-17-15-4-5-15/h6,8,13,15,17H,2-5,7,9-12H2,1H3. The van der Waals surface area contributed by atoms with Crippen LogP contribution in [0, 0.1) is 5.92 Å². The van der Waals surface area contributed by atoms with Crippen molar-refractivity contribution in [1.82, 2.24) is 10.2 Å². The summed E-state index contributed by atoms with van der Waals surface area (Å²) in [7, 11) is 1.80. The molecule has 1 aliphatic heterocycles. The van der Waals surface area contributed by atoms with Gasteiger partial charge >= 0.3 is 0 Å². The zero-order valence-electron chi connectivity index (χ0n) is 12.4. The van der Waals surface area contributed by atoms with E-state index in [1.54, 1.807) is 7.11 Å². The van der Waals surface area contributed by atoms with Crippen molar-refractivity contribution in [2.45, 2.75) is 44.8 Å². The van der Waals surface area contributed by atoms with E-state index >= 15 is 0 Å². The van der Waals surface area contributed by atoms with Crippen LogP contribution in [-0.2, 0) is 17.8 Å². The second kappa shape index (κ2) is 6.74. The molecule has 0 radical (unpaired) electrons. The minimum Gasteiger partial charge on any atom is -0.468 e. The molecule has 1 aliphatic carbocycles. The fourth-order valence-electron chi connectivity index (χ4n) is 3.07. The fourth-order valence-corrected chi connectivity index (χ4v) is 3.07. The molecule has 2 fully saturated rings. The van der Waals surface area contributed by atoms with Crippen LogP contribution in [0.25, 0.3) is 0 Å². The van der Waals surface area contributed by atoms with Crippen molar-refractivity contribution in [2.24, 2.45) is 5.92 Å². The van der Waals surface area contributed by atoms with Crippen LogP contribution in [0.1, 0.15) is 37.0 Å². The van der Waals surface area contributed by atoms with Gasteiger partial charge in [0, 0.05) is 31.8 Å². The van der Waals surface area contributed by atoms with Crippen LogP contribution in [0.3, 0.4) is 0 Å². The molecule has 4 heteroatoms. The summed E-state index contributed by atoms with van der Waals surface area (Å²) in [5.74, 6) is 1.81. The van der Waals surface area contributed by atoms with Gasteiger partial charge in [-0.05, 0) is 44.2 Å². The molecule has 2 heterocycles. The summed E-state index contributed by atoms with van der Waals surface area (Å²) in [5, 5.41) is 3.57. The van der Waals surface area contributed by atoms with E-state index in [9.17, 15) is 0 Å². The molecular formula is C16H26N2O2. The van der Waals surface area contributed by atoms with Crippen molar-refractivity contribution in [1.29, 1.82) is 0 Å². The van der Waals surface area contributed by atoms with Gasteiger partial charge in [0.05, 0.1) is 19.4 Å². The SMILES string of the molecule is COCC1CCCN(Cc2occc2CNC2CC2)C1. The maximum Gasteiger partial charge on any atom is 0.122 e. The number of ether oxygens (including phenoxy) is 1. The van der Waals surface area contributed by atoms with Gasteiger partial charge in [-0.2, -0.15) is 0 Å². The van der Waals surface area contributed by atoms with E-state index in [-0.39, 0.29) is 0 Å². The summed E-state index contributed by atoms with van der Waals surface area (Å²) < 4.78 is 11.0. The number of nitrogens with one attached hydrogen (secondary N) is 1. The number of rotatable bonds is 7. The first kappa shape index (κ1) is 14.1. The van der Waals surface area contributed by atoms with Crippen molar-refractivity contribution in [3.05, 3.63) is 23.7 Å². The van der Waals surface area contributed by atoms with E-state index in [2.05, 4.69) is 16.3 Å². The lowest BCUT2D eigenvalue weighted by Gasteiger charge is -2.31. The monoisotopic (exact) mass is 278 g/mol. The van der Waals surface area contributed by atoms with E-state index in [1.807, 2.05) is 6.26 Å². The molecule has 1 aromatic heterocycles. The molecular weight excluding hydrogens is 252 g/mol. The van der Waals surface area contributed by atoms with Crippen molar-refractivity contribution in [3.8, 4) is 0 Å². The molecule has 3 rings (SSSR count). The molecule has 1 atom stereocenters. The topological polar surface area (TPSA) is 37.6 Å². The van der Waals surface area contributed by atoms with Gasteiger partial charge < -0.3 is 14.5 Å². The van der Waals surface area contributed by atoms with Crippen molar-refractivity contribution >= 4 is 0 Å². The number of methoxy groups -OCH3 is 1. The van der Waals surface area contributed by atoms with E-state index in [1.165, 1.54) is 37.8 Å². The molecule has 1 saturated heterocycles. The van der Waals surface area contributed by atoms with Crippen LogP contribution in [0.2, 0.25) is 0 Å². The molecule has 1 N–H and O–H groups in total. The number of likely N-dealkylation sites (tertiary alicyclic amines) is 1. The summed E-state index contributed by atoms with van der Waals surface area (Å²) in [5.41, 5.74) is 1.32. The van der Waals surface area contributed by atoms with Gasteiger partial charge in [0.2, 0.25) is 0 Å². The maximum absolute atomic E-state index is 5.70. The third kappa shape index (κ3) is 3.84. The van der Waals surface area contributed by atoms with Crippen LogP contribution in [0.4, 0.5) is 0 Å². The normalized spacial score (nSPS) is 24.1. The first-order valence-corrected chi connectivity index (χ1v) is 7.85. The molecule has 0 amide bonds. The van der Waals surface area contributed by atoms with Crippen LogP contribution < -0.4 is 5.32 Å². The van der Waals surface area contributed by atoms with Crippen LogP contribution in [-0.4, -0.2) is 37.7 Å². The highest BCUT2D eigenvalue weighted by Gasteiger charge is 2.23. The zero-order chi connectivity index (χ0) is 13.8. The molecule has 2 aliphatic rings. The average molecular weight is 278 g/mol. The van der Waals surface area contributed by atoms with E-state index in [4.69, 9.17) is 9.15 Å². The Morgan fingerprint density at radius 2 is 2.30 bits per heavy atom. The lowest BCUT2D eigenvalue weighted by molar-refractivity contribution is 0.0838. The Balaban J connectivity index is 1.52. The smallest absolute Gasteiger partial charge is 0.122 e. The zero-order valence-corrected chi connectivity index (χ0v) is 12.4. The quantitative estimate of drug-likeness (QED) is 0.831. The lowest BCUT2D eigenvalue weighted by atomic mass is 9.99. The minimum absolute atomic E-state index is 0.678. The highest BCUT2D eigenvalue weighted by molar-refractivity contribution is 5.17. The van der Waals surface area contributed by atoms with Gasteiger partial charge in [0.25, 0.3) is 0 Å². The molecule has 1 unspecified atom stereocenters. The Morgan fingerprint density at radius 3 is 3.10 bits per heavy atom. The number of hydrogen-bond acceptors (Lipinski definition) is 4. The summed E-state index contributed by atoms with van der Waals surface area (Å²) >= 11 is 0. The second-order valence-electron chi connectivity index (χ2n) is 6.22. The van der Waals surface area contributed by atoms with E-state index in [0.717, 1.165) is 38.0 Å². The van der Waals surface area contributed by atoms with Crippen LogP contribution in [0.15, 0.2) is 16.7 Å². The molecule has 20 heavy (non-hydrogen) atoms. The summed E-state index contributed by atoms with van der Waals surface area (Å²) in [4.78, 5) is 2.51. The van der Waals surface area contributed by atoms with Gasteiger partial charge in [0.15, 0.2) is 0 Å². The fraction of sp³-hybridized carbons (Fsp3) is 0.750. The van der Waals surface area contributed by atoms with Gasteiger partial charge in [-0.3, -0.25) is 4.90 Å². The number of furan rings is 1. The molecule has 4 nitrogen and oxygen atoms in total. The molecule has 112 valence electrons. The summed E-state index contributed by atoms with van der Waals surface area (Å²) in [6.45, 7) is 5.08. The van der Waals surface area contributed by atoms with Crippen LogP contribution in [0.5, 0.6) is 0 Å². The molecule has 1 aromatic rings. The van der Waals surface area contributed by atoms with Crippen molar-refractivity contribution in [3.63, 3.8) is 0 Å². The summed E-state index contributed by atoms with van der Waals surface area (Å²) in [6.07, 6.45) is 7.05. The molecule has 0 spiro atoms. The van der Waals surface area contributed by atoms with Gasteiger partial charge in [-0.1, -0.05) is 0 Å². The first-order valence-electron chi connectivity index (χ1n) is 7.85. The van der Waals surface area contributed by atoms with Crippen molar-refractivity contribution in [2.75, 3.05) is 26.8 Å². The van der Waals surface area contributed by atoms with Crippen molar-refractivity contribution < 1.29 is 9.15 Å². The number of nitrogens with zero attached hydrogens (tertiary/aromatic N) is 1. The highest BCUT2D eigenvalue weighted by Crippen LogP contribution is 2.23. The molecule has 0 bridgehead atoms. The Morgan fingerprint density at radius 1 is 1.40 bits per heavy atom. The van der Waals surface area contributed by atoms with Gasteiger partial charge in [-0.15, -0.1) is 0 Å². The van der Waals surface area contributed by atoms with E-state index in [0.29, 0.717) is 5.92 Å². The predicted octanol–water partition coefficient (Wildman–Crippen LogP) is 2.39. The first-order chi connectivity index (χ1) is 9.85. The maximum atomic E-state index is 5.70. The lowest BCUT2D eigenvalue weighted by Crippen LogP contribution is -2.36. The Hall–Kier alpha value is -0.840. The largest absolute Gasteiger partial charge is 0.468 e. The third-order valence-corrected chi connectivity index (χ3v) is 4.37.